The van der Waals surface area contributed by atoms with E-state index in [1.54, 1.807) is 47.2 Å². The van der Waals surface area contributed by atoms with Crippen molar-refractivity contribution in [3.8, 4) is 11.5 Å². The van der Waals surface area contributed by atoms with Gasteiger partial charge < -0.3 is 53.4 Å². The Morgan fingerprint density at radius 1 is 0.891 bits per heavy atom. The third-order valence-electron chi connectivity index (χ3n) is 9.42. The van der Waals surface area contributed by atoms with E-state index in [1.807, 2.05) is 31.3 Å². The second-order valence-electron chi connectivity index (χ2n) is 13.2. The summed E-state index contributed by atoms with van der Waals surface area (Å²) in [5.74, 6) is 0.613. The largest absolute Gasteiger partial charge is 0.492 e. The van der Waals surface area contributed by atoms with Crippen LogP contribution in [0.1, 0.15) is 28.5 Å². The van der Waals surface area contributed by atoms with Crippen molar-refractivity contribution in [1.82, 2.24) is 20.4 Å². The molecule has 16 heteroatoms. The van der Waals surface area contributed by atoms with Gasteiger partial charge in [0.05, 0.1) is 38.6 Å². The molecule has 1 atom stereocenters. The topological polar surface area (TPSA) is 161 Å². The van der Waals surface area contributed by atoms with Crippen molar-refractivity contribution in [1.29, 1.82) is 0 Å². The number of halogens is 1. The van der Waals surface area contributed by atoms with Crippen LogP contribution in [0, 0.1) is 0 Å². The highest BCUT2D eigenvalue weighted by atomic mass is 35.5. The molecule has 294 valence electrons. The predicted octanol–water partition coefficient (Wildman–Crippen LogP) is 4.59. The fourth-order valence-electron chi connectivity index (χ4n) is 6.52. The summed E-state index contributed by atoms with van der Waals surface area (Å²) in [6.45, 7) is 4.68. The number of nitrogens with one attached hydrogen (secondary N) is 2. The number of carbonyl (C=O) groups excluding carboxylic acids is 4. The zero-order chi connectivity index (χ0) is 38.7. The van der Waals surface area contributed by atoms with Crippen LogP contribution in [0.3, 0.4) is 0 Å². The Bertz CT molecular complexity index is 1980. The number of benzene rings is 3. The van der Waals surface area contributed by atoms with E-state index in [-0.39, 0.29) is 62.8 Å². The summed E-state index contributed by atoms with van der Waals surface area (Å²) in [5, 5.41) is 7.56. The number of hydrogen-bond donors (Lipinski definition) is 2. The number of ether oxygens (including phenoxy) is 5. The molecule has 15 nitrogen and oxygen atoms in total. The lowest BCUT2D eigenvalue weighted by Gasteiger charge is -2.31. The van der Waals surface area contributed by atoms with Gasteiger partial charge in [0.1, 0.15) is 30.3 Å². The molecule has 0 radical (unpaired) electrons. The van der Waals surface area contributed by atoms with Gasteiger partial charge in [0.25, 0.3) is 5.91 Å². The lowest BCUT2D eigenvalue weighted by molar-refractivity contribution is -0.122. The van der Waals surface area contributed by atoms with Gasteiger partial charge in [-0.25, -0.2) is 9.59 Å². The number of likely N-dealkylation sites (N-methyl/N-ethyl adjacent to an activating group) is 1. The third-order valence-corrected chi connectivity index (χ3v) is 9.79. The molecule has 1 fully saturated rings. The number of hydrogen-bond acceptors (Lipinski definition) is 11. The highest BCUT2D eigenvalue weighted by Gasteiger charge is 2.37. The molecule has 0 unspecified atom stereocenters. The Morgan fingerprint density at radius 2 is 1.67 bits per heavy atom. The van der Waals surface area contributed by atoms with Crippen molar-refractivity contribution >= 4 is 63.0 Å². The second kappa shape index (κ2) is 19.0. The van der Waals surface area contributed by atoms with Crippen molar-refractivity contribution in [2.24, 2.45) is 0 Å². The van der Waals surface area contributed by atoms with Gasteiger partial charge in [-0.05, 0) is 42.3 Å². The first kappa shape index (κ1) is 39.6. The quantitative estimate of drug-likeness (QED) is 0.121. The third kappa shape index (κ3) is 9.97. The van der Waals surface area contributed by atoms with Crippen molar-refractivity contribution in [2.45, 2.75) is 12.3 Å². The fraction of sp³-hybridized carbons (Fsp3) is 0.436. The maximum Gasteiger partial charge on any atom is 0.415 e. The molecule has 0 spiro atoms. The van der Waals surface area contributed by atoms with Gasteiger partial charge in [-0.1, -0.05) is 24.3 Å². The number of alkyl carbamates (subject to hydrolysis) is 1. The van der Waals surface area contributed by atoms with Gasteiger partial charge >= 0.3 is 12.2 Å². The SMILES string of the molecule is COCCOCCC(=O)NCCOC(=O)NCCOc1ccc2oc(C(=O)N3C[C@@H](CCl)c4c3cc(OC(=O)N3CCN(C)CC3)c3ccccc43)cc2c1. The highest BCUT2D eigenvalue weighted by molar-refractivity contribution is 6.19. The number of methoxy groups -OCH3 is 1. The van der Waals surface area contributed by atoms with Gasteiger partial charge in [-0.3, -0.25) is 9.59 Å². The van der Waals surface area contributed by atoms with Crippen LogP contribution in [0.15, 0.2) is 59.0 Å². The van der Waals surface area contributed by atoms with E-state index in [4.69, 9.17) is 39.7 Å². The lowest BCUT2D eigenvalue weighted by atomic mass is 9.95. The van der Waals surface area contributed by atoms with Gasteiger partial charge in [0, 0.05) is 74.9 Å². The maximum atomic E-state index is 14.1. The Labute approximate surface area is 323 Å². The van der Waals surface area contributed by atoms with E-state index < -0.39 is 12.2 Å². The van der Waals surface area contributed by atoms with Gasteiger partial charge in [-0.2, -0.15) is 0 Å². The Hall–Kier alpha value is -5.09. The molecular formula is C39H46ClN5O10. The second-order valence-corrected chi connectivity index (χ2v) is 13.5. The average molecular weight is 780 g/mol. The molecule has 1 aromatic heterocycles. The number of amides is 4. The Kier molecular flexibility index (Phi) is 13.7. The molecule has 0 saturated carbocycles. The lowest BCUT2D eigenvalue weighted by Crippen LogP contribution is -2.48. The number of furan rings is 1. The summed E-state index contributed by atoms with van der Waals surface area (Å²) in [7, 11) is 3.59. The maximum absolute atomic E-state index is 14.1. The molecule has 2 aliphatic rings. The molecule has 55 heavy (non-hydrogen) atoms. The van der Waals surface area contributed by atoms with Crippen LogP contribution in [0.4, 0.5) is 15.3 Å². The number of carbonyl (C=O) groups is 4. The molecule has 0 bridgehead atoms. The molecule has 3 aromatic carbocycles. The van der Waals surface area contributed by atoms with E-state index >= 15 is 0 Å². The van der Waals surface area contributed by atoms with E-state index in [0.29, 0.717) is 66.9 Å². The van der Waals surface area contributed by atoms with Crippen LogP contribution in [-0.2, 0) is 19.0 Å². The van der Waals surface area contributed by atoms with Crippen LogP contribution in [0.25, 0.3) is 21.7 Å². The minimum absolute atomic E-state index is 0.0127. The van der Waals surface area contributed by atoms with Gasteiger partial charge in [0.15, 0.2) is 5.76 Å². The summed E-state index contributed by atoms with van der Waals surface area (Å²) >= 11 is 6.48. The summed E-state index contributed by atoms with van der Waals surface area (Å²) in [5.41, 5.74) is 2.04. The number of anilines is 1. The number of alkyl halides is 1. The number of piperazine rings is 1. The first-order valence-corrected chi connectivity index (χ1v) is 18.8. The van der Waals surface area contributed by atoms with Gasteiger partial charge in [0.2, 0.25) is 5.91 Å². The van der Waals surface area contributed by atoms with Crippen molar-refractivity contribution < 1.29 is 47.3 Å². The monoisotopic (exact) mass is 779 g/mol. The summed E-state index contributed by atoms with van der Waals surface area (Å²) in [6, 6.07) is 16.3. The van der Waals surface area contributed by atoms with Crippen molar-refractivity contribution in [2.75, 3.05) is 104 Å². The zero-order valence-electron chi connectivity index (χ0n) is 31.0. The molecule has 6 rings (SSSR count). The summed E-state index contributed by atoms with van der Waals surface area (Å²) in [6.07, 6.45) is -0.862. The van der Waals surface area contributed by atoms with E-state index in [9.17, 15) is 19.2 Å². The van der Waals surface area contributed by atoms with E-state index in [0.717, 1.165) is 29.4 Å². The number of fused-ring (bicyclic) bond motifs is 4. The van der Waals surface area contributed by atoms with Crippen LogP contribution < -0.4 is 25.0 Å². The average Bonchev–Trinajstić information content (AvgIpc) is 3.80. The van der Waals surface area contributed by atoms with Crippen molar-refractivity contribution in [3.05, 3.63) is 65.9 Å². The first-order chi connectivity index (χ1) is 26.7. The molecule has 4 amide bonds. The predicted molar refractivity (Wildman–Crippen MR) is 206 cm³/mol. The number of nitrogens with zero attached hydrogens (tertiary/aromatic N) is 3. The Balaban J connectivity index is 1.04. The zero-order valence-corrected chi connectivity index (χ0v) is 31.7. The first-order valence-electron chi connectivity index (χ1n) is 18.2. The molecule has 2 aliphatic heterocycles. The standard InChI is InChI=1S/C39H46ClN5O10/c1-43-12-14-44(15-13-43)39(49)55-33-23-31-36(30-6-4-3-5-29(30)33)27(24-40)25-45(31)37(47)34-22-26-21-28(7-8-32(26)54-34)52-17-11-42-38(48)53-18-10-41-35(46)9-16-51-20-19-50-2/h3-8,21-23,27H,9-20,24-25H2,1-2H3,(H,41,46)(H,42,48)/t27-/m1/s1. The molecule has 3 heterocycles. The van der Waals surface area contributed by atoms with Gasteiger partial charge in [-0.15, -0.1) is 11.6 Å². The molecule has 0 aliphatic carbocycles. The normalized spacial score (nSPS) is 15.6. The fourth-order valence-corrected chi connectivity index (χ4v) is 6.77. The summed E-state index contributed by atoms with van der Waals surface area (Å²) in [4.78, 5) is 56.7. The minimum Gasteiger partial charge on any atom is -0.492 e. The molecule has 4 aromatic rings. The van der Waals surface area contributed by atoms with Crippen LogP contribution in [-0.4, -0.2) is 133 Å². The van der Waals surface area contributed by atoms with Crippen LogP contribution >= 0.6 is 11.6 Å². The highest BCUT2D eigenvalue weighted by Crippen LogP contribution is 2.46. The van der Waals surface area contributed by atoms with Crippen LogP contribution in [0.2, 0.25) is 0 Å². The molecule has 1 saturated heterocycles. The van der Waals surface area contributed by atoms with Crippen LogP contribution in [0.5, 0.6) is 11.5 Å². The summed E-state index contributed by atoms with van der Waals surface area (Å²) < 4.78 is 33.1. The number of rotatable bonds is 16. The molecular weight excluding hydrogens is 734 g/mol. The molecule has 2 N–H and O–H groups in total. The Morgan fingerprint density at radius 3 is 2.45 bits per heavy atom. The van der Waals surface area contributed by atoms with E-state index in [2.05, 4.69) is 15.5 Å². The van der Waals surface area contributed by atoms with E-state index in [1.165, 1.54) is 0 Å². The smallest absolute Gasteiger partial charge is 0.415 e. The van der Waals surface area contributed by atoms with Crippen molar-refractivity contribution in [3.63, 3.8) is 0 Å². The minimum atomic E-state index is -0.637.